The van der Waals surface area contributed by atoms with Crippen LogP contribution in [0.2, 0.25) is 0 Å². The predicted molar refractivity (Wildman–Crippen MR) is 73.8 cm³/mol. The summed E-state index contributed by atoms with van der Waals surface area (Å²) in [5.41, 5.74) is 1.01. The molecule has 0 aromatic heterocycles. The summed E-state index contributed by atoms with van der Waals surface area (Å²) >= 11 is 1.42. The van der Waals surface area contributed by atoms with E-state index in [2.05, 4.69) is 0 Å². The maximum atomic E-state index is 13.2. The van der Waals surface area contributed by atoms with Crippen molar-refractivity contribution in [3.8, 4) is 6.07 Å². The molecule has 0 saturated heterocycles. The Bertz CT molecular complexity index is 681. The summed E-state index contributed by atoms with van der Waals surface area (Å²) in [6.07, 6.45) is 0. The minimum atomic E-state index is -0.458. The number of nitro benzene ring substituents is 1. The Balaban J connectivity index is 2.07. The van der Waals surface area contributed by atoms with Gasteiger partial charge in [-0.3, -0.25) is 10.1 Å². The predicted octanol–water partition coefficient (Wildman–Crippen LogP) is 3.90. The third kappa shape index (κ3) is 3.56. The highest BCUT2D eigenvalue weighted by Gasteiger charge is 2.05. The fraction of sp³-hybridized carbons (Fsp3) is 0.0714. The Kier molecular flexibility index (Phi) is 4.33. The van der Waals surface area contributed by atoms with E-state index in [9.17, 15) is 14.5 Å². The van der Waals surface area contributed by atoms with Gasteiger partial charge in [-0.15, -0.1) is 11.8 Å². The third-order valence-electron chi connectivity index (χ3n) is 2.54. The topological polar surface area (TPSA) is 66.9 Å². The molecule has 0 unspecified atom stereocenters. The molecule has 0 atom stereocenters. The third-order valence-corrected chi connectivity index (χ3v) is 3.62. The van der Waals surface area contributed by atoms with E-state index in [1.807, 2.05) is 6.07 Å². The fourth-order valence-electron chi connectivity index (χ4n) is 1.63. The van der Waals surface area contributed by atoms with Gasteiger partial charge in [-0.25, -0.2) is 4.39 Å². The molecule has 0 saturated carbocycles. The summed E-state index contributed by atoms with van der Waals surface area (Å²) in [5, 5.41) is 19.3. The van der Waals surface area contributed by atoms with Crippen LogP contribution in [-0.2, 0) is 5.75 Å². The van der Waals surface area contributed by atoms with E-state index in [-0.39, 0.29) is 11.3 Å². The summed E-state index contributed by atoms with van der Waals surface area (Å²) in [6.45, 7) is 0. The van der Waals surface area contributed by atoms with Gasteiger partial charge < -0.3 is 0 Å². The smallest absolute Gasteiger partial charge is 0.258 e. The molecule has 4 nitrogen and oxygen atoms in total. The van der Waals surface area contributed by atoms with E-state index in [1.54, 1.807) is 18.2 Å². The SMILES string of the molecule is N#Cc1cc(F)cc(CSc2ccc([N+](=O)[O-])cc2)c1. The zero-order valence-corrected chi connectivity index (χ0v) is 11.1. The molecular weight excluding hydrogens is 279 g/mol. The second-order valence-corrected chi connectivity index (χ2v) is 5.05. The number of hydrogen-bond donors (Lipinski definition) is 0. The number of benzene rings is 2. The van der Waals surface area contributed by atoms with Gasteiger partial charge >= 0.3 is 0 Å². The summed E-state index contributed by atoms with van der Waals surface area (Å²) in [6, 6.07) is 12.2. The second-order valence-electron chi connectivity index (χ2n) is 4.00. The number of non-ortho nitro benzene ring substituents is 1. The van der Waals surface area contributed by atoms with Gasteiger partial charge in [0, 0.05) is 22.8 Å². The number of nitro groups is 1. The van der Waals surface area contributed by atoms with Gasteiger partial charge in [-0.05, 0) is 35.9 Å². The molecule has 0 aliphatic rings. The lowest BCUT2D eigenvalue weighted by atomic mass is 10.1. The van der Waals surface area contributed by atoms with Crippen molar-refractivity contribution in [1.82, 2.24) is 0 Å². The summed E-state index contributed by atoms with van der Waals surface area (Å²) in [4.78, 5) is 10.9. The van der Waals surface area contributed by atoms with Crippen molar-refractivity contribution in [3.05, 3.63) is 69.5 Å². The van der Waals surface area contributed by atoms with Gasteiger partial charge in [0.2, 0.25) is 0 Å². The van der Waals surface area contributed by atoms with E-state index in [1.165, 1.54) is 36.0 Å². The van der Waals surface area contributed by atoms with E-state index < -0.39 is 10.7 Å². The molecule has 0 aliphatic heterocycles. The molecule has 0 heterocycles. The van der Waals surface area contributed by atoms with Gasteiger partial charge in [-0.1, -0.05) is 0 Å². The molecular formula is C14H9FN2O2S. The van der Waals surface area contributed by atoms with Crippen LogP contribution < -0.4 is 0 Å². The standard InChI is InChI=1S/C14H9FN2O2S/c15-12-6-10(8-16)5-11(7-12)9-20-14-3-1-13(2-4-14)17(18)19/h1-7H,9H2. The molecule has 0 N–H and O–H groups in total. The number of nitriles is 1. The van der Waals surface area contributed by atoms with Crippen molar-refractivity contribution in [3.63, 3.8) is 0 Å². The Morgan fingerprint density at radius 3 is 2.55 bits per heavy atom. The van der Waals surface area contributed by atoms with Crippen LogP contribution in [0.15, 0.2) is 47.4 Å². The van der Waals surface area contributed by atoms with Crippen LogP contribution in [0.25, 0.3) is 0 Å². The molecule has 20 heavy (non-hydrogen) atoms. The summed E-state index contributed by atoms with van der Waals surface area (Å²) < 4.78 is 13.2. The van der Waals surface area contributed by atoms with Gasteiger partial charge in [-0.2, -0.15) is 5.26 Å². The lowest BCUT2D eigenvalue weighted by Gasteiger charge is -2.03. The number of halogens is 1. The van der Waals surface area contributed by atoms with Crippen molar-refractivity contribution < 1.29 is 9.31 Å². The number of rotatable bonds is 4. The lowest BCUT2D eigenvalue weighted by molar-refractivity contribution is -0.384. The molecule has 2 aromatic rings. The second kappa shape index (κ2) is 6.17. The van der Waals surface area contributed by atoms with Crippen LogP contribution in [0.3, 0.4) is 0 Å². The van der Waals surface area contributed by atoms with E-state index in [0.717, 1.165) is 4.90 Å². The van der Waals surface area contributed by atoms with Crippen molar-refractivity contribution in [2.45, 2.75) is 10.6 Å². The maximum absolute atomic E-state index is 13.2. The molecule has 0 aliphatic carbocycles. The lowest BCUT2D eigenvalue weighted by Crippen LogP contribution is -1.88. The molecule has 6 heteroatoms. The minimum absolute atomic E-state index is 0.0341. The molecule has 100 valence electrons. The summed E-state index contributed by atoms with van der Waals surface area (Å²) in [7, 11) is 0. The number of thioether (sulfide) groups is 1. The molecule has 0 amide bonds. The average molecular weight is 288 g/mol. The van der Waals surface area contributed by atoms with E-state index >= 15 is 0 Å². The maximum Gasteiger partial charge on any atom is 0.269 e. The largest absolute Gasteiger partial charge is 0.269 e. The van der Waals surface area contributed by atoms with Crippen LogP contribution in [0.1, 0.15) is 11.1 Å². The molecule has 0 bridgehead atoms. The van der Waals surface area contributed by atoms with Gasteiger partial charge in [0.05, 0.1) is 16.6 Å². The highest BCUT2D eigenvalue weighted by atomic mass is 32.2. The number of nitrogens with zero attached hydrogens (tertiary/aromatic N) is 2. The Morgan fingerprint density at radius 2 is 1.95 bits per heavy atom. The first-order valence-electron chi connectivity index (χ1n) is 5.65. The zero-order chi connectivity index (χ0) is 14.5. The van der Waals surface area contributed by atoms with Crippen molar-refractivity contribution in [1.29, 1.82) is 5.26 Å². The van der Waals surface area contributed by atoms with Crippen LogP contribution in [0.4, 0.5) is 10.1 Å². The van der Waals surface area contributed by atoms with Crippen LogP contribution in [0.5, 0.6) is 0 Å². The Labute approximate surface area is 119 Å². The van der Waals surface area contributed by atoms with E-state index in [0.29, 0.717) is 11.3 Å². The van der Waals surface area contributed by atoms with Crippen LogP contribution in [0, 0.1) is 27.3 Å². The molecule has 0 fully saturated rings. The Morgan fingerprint density at radius 1 is 1.25 bits per heavy atom. The van der Waals surface area contributed by atoms with Crippen molar-refractivity contribution in [2.75, 3.05) is 0 Å². The minimum Gasteiger partial charge on any atom is -0.258 e. The first-order valence-corrected chi connectivity index (χ1v) is 6.64. The zero-order valence-electron chi connectivity index (χ0n) is 10.2. The quantitative estimate of drug-likeness (QED) is 0.486. The van der Waals surface area contributed by atoms with Crippen molar-refractivity contribution >= 4 is 17.4 Å². The van der Waals surface area contributed by atoms with E-state index in [4.69, 9.17) is 5.26 Å². The highest BCUT2D eigenvalue weighted by molar-refractivity contribution is 7.98. The first kappa shape index (κ1) is 14.0. The Hall–Kier alpha value is -2.39. The molecule has 2 rings (SSSR count). The normalized spacial score (nSPS) is 10.0. The van der Waals surface area contributed by atoms with Crippen molar-refractivity contribution in [2.24, 2.45) is 0 Å². The summed E-state index contributed by atoms with van der Waals surface area (Å²) in [5.74, 6) is 0.0490. The fourth-order valence-corrected chi connectivity index (χ4v) is 2.46. The van der Waals surface area contributed by atoms with Crippen LogP contribution in [-0.4, -0.2) is 4.92 Å². The average Bonchev–Trinajstić information content (AvgIpc) is 2.45. The van der Waals surface area contributed by atoms with Gasteiger partial charge in [0.1, 0.15) is 5.82 Å². The molecule has 0 radical (unpaired) electrons. The number of hydrogen-bond acceptors (Lipinski definition) is 4. The molecule has 0 spiro atoms. The van der Waals surface area contributed by atoms with Gasteiger partial charge in [0.25, 0.3) is 5.69 Å². The monoisotopic (exact) mass is 288 g/mol. The highest BCUT2D eigenvalue weighted by Crippen LogP contribution is 2.25. The molecule has 2 aromatic carbocycles. The first-order chi connectivity index (χ1) is 9.58. The van der Waals surface area contributed by atoms with Gasteiger partial charge in [0.15, 0.2) is 0 Å². The van der Waals surface area contributed by atoms with Crippen LogP contribution >= 0.6 is 11.8 Å².